The summed E-state index contributed by atoms with van der Waals surface area (Å²) in [5.41, 5.74) is 2.20. The summed E-state index contributed by atoms with van der Waals surface area (Å²) in [7, 11) is 0. The summed E-state index contributed by atoms with van der Waals surface area (Å²) in [6.07, 6.45) is 0.0348. The third kappa shape index (κ3) is 5.93. The van der Waals surface area contributed by atoms with E-state index in [1.165, 1.54) is 0 Å². The largest absolute Gasteiger partial charge is 0.493 e. The van der Waals surface area contributed by atoms with E-state index in [1.807, 2.05) is 31.2 Å². The number of nitrogens with one attached hydrogen (secondary N) is 1. The summed E-state index contributed by atoms with van der Waals surface area (Å²) in [5.74, 6) is -0.384. The van der Waals surface area contributed by atoms with Crippen LogP contribution in [0.2, 0.25) is 10.0 Å². The van der Waals surface area contributed by atoms with Gasteiger partial charge in [-0.2, -0.15) is 0 Å². The average Bonchev–Trinajstić information content (AvgIpc) is 2.62. The maximum absolute atomic E-state index is 11.9. The molecule has 0 spiro atoms. The Balaban J connectivity index is 1.74. The smallest absolute Gasteiger partial charge is 0.309 e. The number of halogens is 2. The first-order valence-electron chi connectivity index (χ1n) is 7.96. The molecule has 0 fully saturated rings. The van der Waals surface area contributed by atoms with Gasteiger partial charge in [-0.1, -0.05) is 47.0 Å². The highest BCUT2D eigenvalue weighted by Gasteiger charge is 2.13. The van der Waals surface area contributed by atoms with Crippen LogP contribution in [0.15, 0.2) is 36.4 Å². The summed E-state index contributed by atoms with van der Waals surface area (Å²) in [5, 5.41) is 3.21. The van der Waals surface area contributed by atoms with Gasteiger partial charge in [0.2, 0.25) is 0 Å². The maximum atomic E-state index is 11.9. The molecule has 5 nitrogen and oxygen atoms in total. The second kappa shape index (κ2) is 9.46. The minimum absolute atomic E-state index is 0.0348. The van der Waals surface area contributed by atoms with Crippen molar-refractivity contribution in [3.05, 3.63) is 57.6 Å². The molecule has 0 aromatic heterocycles. The number of hydrogen-bond donors (Lipinski definition) is 1. The third-order valence-corrected chi connectivity index (χ3v) is 4.31. The first-order valence-corrected chi connectivity index (χ1v) is 8.72. The molecule has 0 saturated heterocycles. The lowest BCUT2D eigenvalue weighted by Gasteiger charge is -2.11. The minimum Gasteiger partial charge on any atom is -0.493 e. The Hall–Kier alpha value is -2.24. The van der Waals surface area contributed by atoms with E-state index >= 15 is 0 Å². The number of rotatable bonds is 7. The van der Waals surface area contributed by atoms with Gasteiger partial charge in [0.1, 0.15) is 5.75 Å². The Morgan fingerprint density at radius 1 is 1.04 bits per heavy atom. The van der Waals surface area contributed by atoms with E-state index in [4.69, 9.17) is 32.7 Å². The van der Waals surface area contributed by atoms with Gasteiger partial charge in [0.25, 0.3) is 5.91 Å². The first kappa shape index (κ1) is 20.1. The Morgan fingerprint density at radius 3 is 2.42 bits per heavy atom. The van der Waals surface area contributed by atoms with Gasteiger partial charge in [0, 0.05) is 0 Å². The summed E-state index contributed by atoms with van der Waals surface area (Å²) in [4.78, 5) is 23.6. The van der Waals surface area contributed by atoms with E-state index < -0.39 is 18.5 Å². The summed E-state index contributed by atoms with van der Waals surface area (Å²) in [6.45, 7) is 3.51. The minimum atomic E-state index is -0.534. The first-order chi connectivity index (χ1) is 12.4. The van der Waals surface area contributed by atoms with E-state index in [0.29, 0.717) is 21.5 Å². The molecule has 1 amide bonds. The summed E-state index contributed by atoms with van der Waals surface area (Å²) < 4.78 is 10.4. The number of carbonyl (C=O) groups is 2. The number of carbonyl (C=O) groups excluding carboxylic acids is 2. The monoisotopic (exact) mass is 395 g/mol. The molecule has 138 valence electrons. The second-order valence-electron chi connectivity index (χ2n) is 5.67. The SMILES string of the molecule is Cc1ccc(OCCC(=O)OCC(=O)Nc2c(Cl)ccc(C)c2Cl)cc1. The van der Waals surface area contributed by atoms with Gasteiger partial charge in [-0.15, -0.1) is 0 Å². The van der Waals surface area contributed by atoms with Gasteiger partial charge in [-0.25, -0.2) is 0 Å². The zero-order valence-electron chi connectivity index (χ0n) is 14.5. The van der Waals surface area contributed by atoms with Crippen LogP contribution in [-0.4, -0.2) is 25.1 Å². The van der Waals surface area contributed by atoms with Crippen LogP contribution < -0.4 is 10.1 Å². The van der Waals surface area contributed by atoms with Crippen molar-refractivity contribution in [3.8, 4) is 5.75 Å². The number of hydrogen-bond acceptors (Lipinski definition) is 4. The topological polar surface area (TPSA) is 64.6 Å². The molecular formula is C19H19Cl2NO4. The van der Waals surface area contributed by atoms with E-state index in [1.54, 1.807) is 19.1 Å². The van der Waals surface area contributed by atoms with Crippen molar-refractivity contribution in [3.63, 3.8) is 0 Å². The second-order valence-corrected chi connectivity index (χ2v) is 6.46. The Morgan fingerprint density at radius 2 is 1.73 bits per heavy atom. The van der Waals surface area contributed by atoms with Crippen LogP contribution in [0.1, 0.15) is 17.5 Å². The van der Waals surface area contributed by atoms with Crippen molar-refractivity contribution in [2.24, 2.45) is 0 Å². The fraction of sp³-hybridized carbons (Fsp3) is 0.263. The third-order valence-electron chi connectivity index (χ3n) is 3.51. The van der Waals surface area contributed by atoms with E-state index in [0.717, 1.165) is 11.1 Å². The van der Waals surface area contributed by atoms with Crippen molar-refractivity contribution in [1.29, 1.82) is 0 Å². The van der Waals surface area contributed by atoms with E-state index in [2.05, 4.69) is 5.32 Å². The molecule has 2 aromatic carbocycles. The standard InChI is InChI=1S/C19H19Cl2NO4/c1-12-3-6-14(7-4-12)25-10-9-17(24)26-11-16(23)22-19-15(20)8-5-13(2)18(19)21/h3-8H,9-11H2,1-2H3,(H,22,23). The quantitative estimate of drug-likeness (QED) is 0.697. The Bertz CT molecular complexity index is 791. The molecule has 1 N–H and O–H groups in total. The van der Waals surface area contributed by atoms with Crippen molar-refractivity contribution in [1.82, 2.24) is 0 Å². The number of esters is 1. The molecule has 7 heteroatoms. The predicted octanol–water partition coefficient (Wildman–Crippen LogP) is 4.56. The average molecular weight is 396 g/mol. The molecule has 0 aliphatic heterocycles. The molecule has 0 radical (unpaired) electrons. The van der Waals surface area contributed by atoms with Crippen molar-refractivity contribution in [2.45, 2.75) is 20.3 Å². The number of amides is 1. The molecular weight excluding hydrogens is 377 g/mol. The van der Waals surface area contributed by atoms with Gasteiger partial charge in [0.15, 0.2) is 6.61 Å². The number of anilines is 1. The zero-order valence-corrected chi connectivity index (χ0v) is 16.0. The van der Waals surface area contributed by atoms with Gasteiger partial charge >= 0.3 is 5.97 Å². The van der Waals surface area contributed by atoms with E-state index in [-0.39, 0.29) is 13.0 Å². The summed E-state index contributed by atoms with van der Waals surface area (Å²) >= 11 is 12.1. The van der Waals surface area contributed by atoms with Crippen molar-refractivity contribution in [2.75, 3.05) is 18.5 Å². The van der Waals surface area contributed by atoms with Crippen LogP contribution in [0.5, 0.6) is 5.75 Å². The Kier molecular flexibility index (Phi) is 7.30. The lowest BCUT2D eigenvalue weighted by molar-refractivity contribution is -0.147. The zero-order chi connectivity index (χ0) is 19.1. The molecule has 0 aliphatic carbocycles. The van der Waals surface area contributed by atoms with Crippen LogP contribution in [0.4, 0.5) is 5.69 Å². The van der Waals surface area contributed by atoms with Crippen molar-refractivity contribution >= 4 is 40.8 Å². The fourth-order valence-corrected chi connectivity index (χ4v) is 2.52. The van der Waals surface area contributed by atoms with Crippen LogP contribution in [0, 0.1) is 13.8 Å². The van der Waals surface area contributed by atoms with Gasteiger partial charge in [-0.3, -0.25) is 9.59 Å². The Labute approximate surface area is 162 Å². The number of ether oxygens (including phenoxy) is 2. The molecule has 0 heterocycles. The molecule has 2 aromatic rings. The normalized spacial score (nSPS) is 10.3. The highest BCUT2D eigenvalue weighted by Crippen LogP contribution is 2.32. The lowest BCUT2D eigenvalue weighted by Crippen LogP contribution is -2.22. The molecule has 0 atom stereocenters. The summed E-state index contributed by atoms with van der Waals surface area (Å²) in [6, 6.07) is 10.9. The molecule has 0 unspecified atom stereocenters. The van der Waals surface area contributed by atoms with Gasteiger partial charge in [0.05, 0.1) is 28.8 Å². The fourth-order valence-electron chi connectivity index (χ4n) is 2.05. The van der Waals surface area contributed by atoms with Crippen LogP contribution in [-0.2, 0) is 14.3 Å². The number of aryl methyl sites for hydroxylation is 2. The van der Waals surface area contributed by atoms with Crippen LogP contribution >= 0.6 is 23.2 Å². The molecule has 2 rings (SSSR count). The van der Waals surface area contributed by atoms with E-state index in [9.17, 15) is 9.59 Å². The molecule has 0 saturated carbocycles. The van der Waals surface area contributed by atoms with Crippen LogP contribution in [0.3, 0.4) is 0 Å². The van der Waals surface area contributed by atoms with Gasteiger partial charge < -0.3 is 14.8 Å². The van der Waals surface area contributed by atoms with Crippen LogP contribution in [0.25, 0.3) is 0 Å². The van der Waals surface area contributed by atoms with Gasteiger partial charge in [-0.05, 0) is 37.6 Å². The maximum Gasteiger partial charge on any atom is 0.309 e. The molecule has 26 heavy (non-hydrogen) atoms. The highest BCUT2D eigenvalue weighted by molar-refractivity contribution is 6.40. The molecule has 0 bridgehead atoms. The number of benzene rings is 2. The predicted molar refractivity (Wildman–Crippen MR) is 102 cm³/mol. The molecule has 0 aliphatic rings. The lowest BCUT2D eigenvalue weighted by atomic mass is 10.2. The van der Waals surface area contributed by atoms with Crippen molar-refractivity contribution < 1.29 is 19.1 Å². The highest BCUT2D eigenvalue weighted by atomic mass is 35.5.